The van der Waals surface area contributed by atoms with Crippen molar-refractivity contribution in [2.45, 2.75) is 24.8 Å². The average molecular weight is 319 g/mol. The first-order valence-corrected chi connectivity index (χ1v) is 7.79. The molecule has 0 bridgehead atoms. The third-order valence-corrected chi connectivity index (χ3v) is 4.04. The second-order valence-electron chi connectivity index (χ2n) is 5.74. The Bertz CT molecular complexity index is 628. The number of methoxy groups -OCH3 is 1. The van der Waals surface area contributed by atoms with Crippen molar-refractivity contribution in [3.05, 3.63) is 30.3 Å². The molecule has 0 spiro atoms. The van der Waals surface area contributed by atoms with E-state index in [1.165, 1.54) is 0 Å². The molecule has 1 aromatic carbocycles. The number of anilines is 1. The molecule has 2 rings (SSSR count). The van der Waals surface area contributed by atoms with E-state index in [9.17, 15) is 0 Å². The summed E-state index contributed by atoms with van der Waals surface area (Å²) in [6.45, 7) is 0.671. The molecule has 0 aliphatic carbocycles. The Balaban J connectivity index is 1.99. The molecule has 0 amide bonds. The lowest BCUT2D eigenvalue weighted by atomic mass is 9.89. The van der Waals surface area contributed by atoms with Crippen LogP contribution in [0.25, 0.3) is 10.9 Å². The van der Waals surface area contributed by atoms with E-state index in [0.29, 0.717) is 25.8 Å². The molecule has 6 heteroatoms. The van der Waals surface area contributed by atoms with Crippen molar-refractivity contribution in [3.8, 4) is 5.75 Å². The number of fused-ring (bicyclic) bond motifs is 1. The molecule has 1 heterocycles. The molecular formula is C17H25N3O3. The van der Waals surface area contributed by atoms with Gasteiger partial charge in [-0.1, -0.05) is 0 Å². The minimum atomic E-state index is -0.555. The number of hydrogen-bond donors (Lipinski definition) is 4. The number of aliphatic hydroxyl groups is 2. The van der Waals surface area contributed by atoms with Crippen molar-refractivity contribution >= 4 is 16.7 Å². The second kappa shape index (κ2) is 8.10. The minimum Gasteiger partial charge on any atom is -0.497 e. The molecule has 6 nitrogen and oxygen atoms in total. The third-order valence-electron chi connectivity index (χ3n) is 4.04. The van der Waals surface area contributed by atoms with E-state index in [2.05, 4.69) is 10.3 Å². The maximum Gasteiger partial charge on any atom is 0.126 e. The number of hydrogen-bond acceptors (Lipinski definition) is 6. The largest absolute Gasteiger partial charge is 0.497 e. The van der Waals surface area contributed by atoms with Crippen LogP contribution in [0.3, 0.4) is 0 Å². The molecular weight excluding hydrogens is 294 g/mol. The number of benzene rings is 1. The topological polar surface area (TPSA) is 101 Å². The minimum absolute atomic E-state index is 0.0204. The monoisotopic (exact) mass is 319 g/mol. The smallest absolute Gasteiger partial charge is 0.126 e. The van der Waals surface area contributed by atoms with Crippen molar-refractivity contribution in [1.29, 1.82) is 0 Å². The molecule has 1 aromatic heterocycles. The molecule has 23 heavy (non-hydrogen) atoms. The fraction of sp³-hybridized carbons (Fsp3) is 0.471. The quantitative estimate of drug-likeness (QED) is 0.559. The maximum absolute atomic E-state index is 9.10. The highest BCUT2D eigenvalue weighted by Crippen LogP contribution is 2.21. The predicted molar refractivity (Wildman–Crippen MR) is 91.7 cm³/mol. The number of nitrogens with two attached hydrogens (primary N) is 1. The van der Waals surface area contributed by atoms with E-state index < -0.39 is 5.54 Å². The Kier molecular flexibility index (Phi) is 6.15. The Morgan fingerprint density at radius 3 is 2.52 bits per heavy atom. The summed E-state index contributed by atoms with van der Waals surface area (Å²) >= 11 is 0. The summed E-state index contributed by atoms with van der Waals surface area (Å²) in [5, 5.41) is 22.5. The molecule has 5 N–H and O–H groups in total. The highest BCUT2D eigenvalue weighted by Gasteiger charge is 2.23. The summed E-state index contributed by atoms with van der Waals surface area (Å²) < 4.78 is 5.20. The maximum atomic E-state index is 9.10. The van der Waals surface area contributed by atoms with E-state index >= 15 is 0 Å². The van der Waals surface area contributed by atoms with Gasteiger partial charge in [0.05, 0.1) is 12.6 Å². The van der Waals surface area contributed by atoms with Crippen LogP contribution in [0.2, 0.25) is 0 Å². The molecule has 0 saturated carbocycles. The zero-order valence-corrected chi connectivity index (χ0v) is 13.5. The van der Waals surface area contributed by atoms with Crippen LogP contribution >= 0.6 is 0 Å². The zero-order chi connectivity index (χ0) is 16.7. The SMILES string of the molecule is COc1ccc2nc(NCCC(N)(CCO)CCO)ccc2c1. The van der Waals surface area contributed by atoms with Gasteiger partial charge in [-0.3, -0.25) is 0 Å². The van der Waals surface area contributed by atoms with Crippen LogP contribution in [0.15, 0.2) is 30.3 Å². The first kappa shape index (κ1) is 17.5. The van der Waals surface area contributed by atoms with Crippen LogP contribution in [0, 0.1) is 0 Å². The lowest BCUT2D eigenvalue weighted by Crippen LogP contribution is -2.43. The summed E-state index contributed by atoms with van der Waals surface area (Å²) in [4.78, 5) is 4.56. The van der Waals surface area contributed by atoms with Crippen LogP contribution in [-0.4, -0.2) is 47.6 Å². The average Bonchev–Trinajstić information content (AvgIpc) is 2.54. The van der Waals surface area contributed by atoms with Crippen LogP contribution in [0.5, 0.6) is 5.75 Å². The number of aromatic nitrogens is 1. The fourth-order valence-electron chi connectivity index (χ4n) is 2.59. The van der Waals surface area contributed by atoms with E-state index in [-0.39, 0.29) is 13.2 Å². The summed E-state index contributed by atoms with van der Waals surface area (Å²) in [7, 11) is 1.64. The van der Waals surface area contributed by atoms with Gasteiger partial charge in [-0.05, 0) is 49.6 Å². The van der Waals surface area contributed by atoms with Gasteiger partial charge >= 0.3 is 0 Å². The number of nitrogens with zero attached hydrogens (tertiary/aromatic N) is 1. The van der Waals surface area contributed by atoms with Gasteiger partial charge in [0.2, 0.25) is 0 Å². The van der Waals surface area contributed by atoms with Gasteiger partial charge in [0.15, 0.2) is 0 Å². The number of pyridine rings is 1. The van der Waals surface area contributed by atoms with Gasteiger partial charge in [-0.15, -0.1) is 0 Å². The van der Waals surface area contributed by atoms with Crippen molar-refractivity contribution in [2.24, 2.45) is 5.73 Å². The molecule has 0 aliphatic heterocycles. The third kappa shape index (κ3) is 4.79. The van der Waals surface area contributed by atoms with Gasteiger partial charge in [0.25, 0.3) is 0 Å². The molecule has 2 aromatic rings. The zero-order valence-electron chi connectivity index (χ0n) is 13.5. The number of rotatable bonds is 9. The lowest BCUT2D eigenvalue weighted by molar-refractivity contribution is 0.188. The van der Waals surface area contributed by atoms with E-state index in [4.69, 9.17) is 20.7 Å². The van der Waals surface area contributed by atoms with Crippen molar-refractivity contribution in [1.82, 2.24) is 4.98 Å². The van der Waals surface area contributed by atoms with Crippen LogP contribution in [-0.2, 0) is 0 Å². The molecule has 0 saturated heterocycles. The summed E-state index contributed by atoms with van der Waals surface area (Å²) in [6, 6.07) is 9.65. The predicted octanol–water partition coefficient (Wildman–Crippen LogP) is 1.51. The van der Waals surface area contributed by atoms with Crippen LogP contribution in [0.1, 0.15) is 19.3 Å². The Morgan fingerprint density at radius 2 is 1.87 bits per heavy atom. The van der Waals surface area contributed by atoms with Gasteiger partial charge in [-0.2, -0.15) is 0 Å². The summed E-state index contributed by atoms with van der Waals surface area (Å²) in [6.07, 6.45) is 1.59. The summed E-state index contributed by atoms with van der Waals surface area (Å²) in [5.74, 6) is 1.58. The number of nitrogens with one attached hydrogen (secondary N) is 1. The molecule has 0 unspecified atom stereocenters. The first-order chi connectivity index (χ1) is 11.1. The molecule has 0 radical (unpaired) electrons. The number of aliphatic hydroxyl groups excluding tert-OH is 2. The Hall–Kier alpha value is -1.89. The molecule has 126 valence electrons. The van der Waals surface area contributed by atoms with Crippen molar-refractivity contribution in [2.75, 3.05) is 32.2 Å². The molecule has 0 atom stereocenters. The Morgan fingerprint density at radius 1 is 1.13 bits per heavy atom. The van der Waals surface area contributed by atoms with Crippen molar-refractivity contribution in [3.63, 3.8) is 0 Å². The lowest BCUT2D eigenvalue weighted by Gasteiger charge is -2.28. The Labute approximate surface area is 136 Å². The van der Waals surface area contributed by atoms with Crippen molar-refractivity contribution < 1.29 is 14.9 Å². The van der Waals surface area contributed by atoms with Crippen LogP contribution < -0.4 is 15.8 Å². The van der Waals surface area contributed by atoms with E-state index in [1.807, 2.05) is 30.3 Å². The number of ether oxygens (including phenoxy) is 1. The molecule has 0 fully saturated rings. The molecule has 0 aliphatic rings. The van der Waals surface area contributed by atoms with Gasteiger partial charge in [0, 0.05) is 30.7 Å². The standard InChI is InChI=1S/C17H25N3O3/c1-23-14-3-4-15-13(12-14)2-5-16(20-15)19-9-6-17(18,7-10-21)8-11-22/h2-5,12,21-22H,6-11,18H2,1H3,(H,19,20). The highest BCUT2D eigenvalue weighted by molar-refractivity contribution is 5.81. The van der Waals surface area contributed by atoms with Crippen LogP contribution in [0.4, 0.5) is 5.82 Å². The summed E-state index contributed by atoms with van der Waals surface area (Å²) in [5.41, 5.74) is 6.55. The van der Waals surface area contributed by atoms with Gasteiger partial charge in [-0.25, -0.2) is 4.98 Å². The van der Waals surface area contributed by atoms with E-state index in [0.717, 1.165) is 22.5 Å². The van der Waals surface area contributed by atoms with E-state index in [1.54, 1.807) is 7.11 Å². The van der Waals surface area contributed by atoms with Gasteiger partial charge < -0.3 is 26.0 Å². The fourth-order valence-corrected chi connectivity index (χ4v) is 2.59. The second-order valence-corrected chi connectivity index (χ2v) is 5.74. The highest BCUT2D eigenvalue weighted by atomic mass is 16.5. The first-order valence-electron chi connectivity index (χ1n) is 7.79. The van der Waals surface area contributed by atoms with Gasteiger partial charge in [0.1, 0.15) is 11.6 Å². The normalized spacial score (nSPS) is 11.7.